The Labute approximate surface area is 182 Å². The molecular formula is C25H24N2O3S. The lowest BCUT2D eigenvalue weighted by Crippen LogP contribution is -2.12. The summed E-state index contributed by atoms with van der Waals surface area (Å²) >= 11 is 0. The predicted molar refractivity (Wildman–Crippen MR) is 124 cm³/mol. The summed E-state index contributed by atoms with van der Waals surface area (Å²) in [5.41, 5.74) is 2.98. The molecule has 1 aromatic heterocycles. The van der Waals surface area contributed by atoms with Crippen LogP contribution >= 0.6 is 0 Å². The number of nitrogens with one attached hydrogen (secondary N) is 1. The van der Waals surface area contributed by atoms with Crippen LogP contribution in [0.3, 0.4) is 0 Å². The summed E-state index contributed by atoms with van der Waals surface area (Å²) in [6.45, 7) is 3.10. The number of aryl methyl sites for hydroxylation is 1. The molecule has 5 nitrogen and oxygen atoms in total. The number of fused-ring (bicyclic) bond motifs is 1. The quantitative estimate of drug-likeness (QED) is 0.432. The molecule has 6 heteroatoms. The van der Waals surface area contributed by atoms with E-state index >= 15 is 0 Å². The summed E-state index contributed by atoms with van der Waals surface area (Å²) in [4.78, 5) is 12.9. The second-order valence-electron chi connectivity index (χ2n) is 7.51. The summed E-state index contributed by atoms with van der Waals surface area (Å²) in [6, 6.07) is 23.0. The van der Waals surface area contributed by atoms with Crippen LogP contribution in [0, 0.1) is 0 Å². The van der Waals surface area contributed by atoms with Crippen LogP contribution in [0.5, 0.6) is 0 Å². The van der Waals surface area contributed by atoms with E-state index in [0.717, 1.165) is 29.6 Å². The summed E-state index contributed by atoms with van der Waals surface area (Å²) in [6.07, 6.45) is 3.12. The van der Waals surface area contributed by atoms with Gasteiger partial charge in [0, 0.05) is 34.9 Å². The third kappa shape index (κ3) is 4.70. The molecule has 1 N–H and O–H groups in total. The van der Waals surface area contributed by atoms with Gasteiger partial charge >= 0.3 is 0 Å². The number of rotatable bonds is 7. The molecule has 158 valence electrons. The average Bonchev–Trinajstić information content (AvgIpc) is 3.17. The molecule has 31 heavy (non-hydrogen) atoms. The fraction of sp³-hybridized carbons (Fsp3) is 0.160. The zero-order valence-corrected chi connectivity index (χ0v) is 18.1. The smallest absolute Gasteiger partial charge is 0.255 e. The molecular weight excluding hydrogens is 408 g/mol. The number of carbonyl (C=O) groups is 1. The second-order valence-corrected chi connectivity index (χ2v) is 9.50. The van der Waals surface area contributed by atoms with Crippen molar-refractivity contribution in [3.8, 4) is 0 Å². The maximum absolute atomic E-state index is 12.6. The average molecular weight is 433 g/mol. The van der Waals surface area contributed by atoms with Crippen LogP contribution in [0.1, 0.15) is 29.3 Å². The second kappa shape index (κ2) is 8.78. The monoisotopic (exact) mass is 432 g/mol. The number of hydrogen-bond acceptors (Lipinski definition) is 3. The number of hydrogen-bond donors (Lipinski definition) is 1. The first kappa shape index (κ1) is 20.9. The van der Waals surface area contributed by atoms with E-state index in [1.807, 2.05) is 24.3 Å². The fourth-order valence-corrected chi connectivity index (χ4v) is 4.97. The SMILES string of the molecule is CCCn1ccc2cc(NC(=O)c3ccc(CS(=O)(=O)c4ccccc4)cc3)ccc21. The minimum atomic E-state index is -3.42. The van der Waals surface area contributed by atoms with E-state index in [1.54, 1.807) is 54.6 Å². The van der Waals surface area contributed by atoms with Gasteiger partial charge in [-0.1, -0.05) is 37.3 Å². The third-order valence-electron chi connectivity index (χ3n) is 5.17. The van der Waals surface area contributed by atoms with Crippen molar-refractivity contribution in [3.05, 3.63) is 96.2 Å². The van der Waals surface area contributed by atoms with Crippen molar-refractivity contribution < 1.29 is 13.2 Å². The molecule has 0 radical (unpaired) electrons. The van der Waals surface area contributed by atoms with E-state index in [1.165, 1.54) is 0 Å². The van der Waals surface area contributed by atoms with Crippen molar-refractivity contribution in [2.45, 2.75) is 30.5 Å². The molecule has 4 rings (SSSR count). The van der Waals surface area contributed by atoms with Gasteiger partial charge in [0.15, 0.2) is 9.84 Å². The van der Waals surface area contributed by atoms with E-state index in [4.69, 9.17) is 0 Å². The number of anilines is 1. The third-order valence-corrected chi connectivity index (χ3v) is 6.87. The van der Waals surface area contributed by atoms with E-state index in [0.29, 0.717) is 16.0 Å². The highest BCUT2D eigenvalue weighted by molar-refractivity contribution is 7.90. The molecule has 3 aromatic carbocycles. The van der Waals surface area contributed by atoms with Crippen LogP contribution in [0.4, 0.5) is 5.69 Å². The van der Waals surface area contributed by atoms with Gasteiger partial charge in [0.2, 0.25) is 0 Å². The Morgan fingerprint density at radius 1 is 0.935 bits per heavy atom. The largest absolute Gasteiger partial charge is 0.347 e. The van der Waals surface area contributed by atoms with Crippen molar-refractivity contribution in [2.75, 3.05) is 5.32 Å². The van der Waals surface area contributed by atoms with Gasteiger partial charge in [-0.25, -0.2) is 8.42 Å². The van der Waals surface area contributed by atoms with Gasteiger partial charge in [-0.2, -0.15) is 0 Å². The lowest BCUT2D eigenvalue weighted by Gasteiger charge is -2.08. The highest BCUT2D eigenvalue weighted by Gasteiger charge is 2.15. The topological polar surface area (TPSA) is 68.2 Å². The Bertz CT molecular complexity index is 1310. The lowest BCUT2D eigenvalue weighted by molar-refractivity contribution is 0.102. The van der Waals surface area contributed by atoms with Crippen molar-refractivity contribution in [1.82, 2.24) is 4.57 Å². The first-order valence-corrected chi connectivity index (χ1v) is 11.9. The number of amides is 1. The standard InChI is InChI=1S/C25H24N2O3S/c1-2-15-27-16-14-21-17-22(12-13-24(21)27)26-25(28)20-10-8-19(9-11-20)18-31(29,30)23-6-4-3-5-7-23/h3-14,16-17H,2,15,18H2,1H3,(H,26,28). The van der Waals surface area contributed by atoms with Gasteiger partial charge in [-0.05, 0) is 60.5 Å². The fourth-order valence-electron chi connectivity index (χ4n) is 3.60. The first-order valence-electron chi connectivity index (χ1n) is 10.2. The molecule has 0 fully saturated rings. The van der Waals surface area contributed by atoms with Crippen LogP contribution in [-0.4, -0.2) is 18.9 Å². The van der Waals surface area contributed by atoms with Crippen molar-refractivity contribution in [2.24, 2.45) is 0 Å². The number of nitrogens with zero attached hydrogens (tertiary/aromatic N) is 1. The molecule has 0 unspecified atom stereocenters. The van der Waals surface area contributed by atoms with Gasteiger partial charge < -0.3 is 9.88 Å². The maximum Gasteiger partial charge on any atom is 0.255 e. The van der Waals surface area contributed by atoms with Gasteiger partial charge in [0.1, 0.15) is 0 Å². The maximum atomic E-state index is 12.6. The molecule has 0 aliphatic carbocycles. The summed E-state index contributed by atoms with van der Waals surface area (Å²) in [7, 11) is -3.42. The summed E-state index contributed by atoms with van der Waals surface area (Å²) in [5.74, 6) is -0.338. The van der Waals surface area contributed by atoms with Gasteiger partial charge in [-0.15, -0.1) is 0 Å². The normalized spacial score (nSPS) is 11.5. The highest BCUT2D eigenvalue weighted by atomic mass is 32.2. The zero-order chi connectivity index (χ0) is 21.8. The van der Waals surface area contributed by atoms with E-state index in [9.17, 15) is 13.2 Å². The first-order chi connectivity index (χ1) is 15.0. The minimum absolute atomic E-state index is 0.107. The van der Waals surface area contributed by atoms with Crippen LogP contribution in [0.25, 0.3) is 10.9 Å². The molecule has 1 heterocycles. The lowest BCUT2D eigenvalue weighted by atomic mass is 10.1. The van der Waals surface area contributed by atoms with Crippen LogP contribution in [0.2, 0.25) is 0 Å². The van der Waals surface area contributed by atoms with Gasteiger partial charge in [0.25, 0.3) is 5.91 Å². The number of carbonyl (C=O) groups excluding carboxylic acids is 1. The Kier molecular flexibility index (Phi) is 5.91. The molecule has 0 saturated carbocycles. The molecule has 0 atom stereocenters. The highest BCUT2D eigenvalue weighted by Crippen LogP contribution is 2.22. The van der Waals surface area contributed by atoms with Crippen molar-refractivity contribution in [1.29, 1.82) is 0 Å². The minimum Gasteiger partial charge on any atom is -0.347 e. The zero-order valence-electron chi connectivity index (χ0n) is 17.3. The van der Waals surface area contributed by atoms with Crippen LogP contribution < -0.4 is 5.32 Å². The molecule has 0 aliphatic heterocycles. The molecule has 4 aromatic rings. The number of benzene rings is 3. The Balaban J connectivity index is 1.45. The van der Waals surface area contributed by atoms with Gasteiger partial charge in [-0.3, -0.25) is 4.79 Å². The van der Waals surface area contributed by atoms with Crippen molar-refractivity contribution >= 4 is 32.3 Å². The van der Waals surface area contributed by atoms with Crippen molar-refractivity contribution in [3.63, 3.8) is 0 Å². The molecule has 0 saturated heterocycles. The molecule has 0 aliphatic rings. The number of aromatic nitrogens is 1. The van der Waals surface area contributed by atoms with Crippen LogP contribution in [0.15, 0.2) is 90.0 Å². The molecule has 1 amide bonds. The summed E-state index contributed by atoms with van der Waals surface area (Å²) in [5, 5.41) is 4.00. The Morgan fingerprint density at radius 2 is 1.68 bits per heavy atom. The van der Waals surface area contributed by atoms with Crippen LogP contribution in [-0.2, 0) is 22.1 Å². The van der Waals surface area contributed by atoms with Gasteiger partial charge in [0.05, 0.1) is 10.6 Å². The summed E-state index contributed by atoms with van der Waals surface area (Å²) < 4.78 is 27.3. The van der Waals surface area contributed by atoms with E-state index in [2.05, 4.69) is 23.0 Å². The van der Waals surface area contributed by atoms with E-state index < -0.39 is 9.84 Å². The van der Waals surface area contributed by atoms with E-state index in [-0.39, 0.29) is 11.7 Å². The number of sulfone groups is 1. The predicted octanol–water partition coefficient (Wildman–Crippen LogP) is 5.28. The Hall–Kier alpha value is -3.38. The molecule has 0 spiro atoms. The molecule has 0 bridgehead atoms. The Morgan fingerprint density at radius 3 is 2.39 bits per heavy atom.